The molecule has 4 N–H and O–H groups in total. The van der Waals surface area contributed by atoms with Crippen molar-refractivity contribution in [3.8, 4) is 0 Å². The summed E-state index contributed by atoms with van der Waals surface area (Å²) in [6.45, 7) is 7.28. The van der Waals surface area contributed by atoms with Gasteiger partial charge in [-0.25, -0.2) is 0 Å². The molecule has 0 saturated heterocycles. The Labute approximate surface area is 79.5 Å². The maximum Gasteiger partial charge on any atom is 0.227 e. The lowest BCUT2D eigenvalue weighted by Gasteiger charge is -2.29. The summed E-state index contributed by atoms with van der Waals surface area (Å²) in [5.74, 6) is -0.131. The number of rotatable bonds is 4. The molecule has 0 bridgehead atoms. The molecule has 13 heavy (non-hydrogen) atoms. The fourth-order valence-electron chi connectivity index (χ4n) is 0.609. The zero-order chi connectivity index (χ0) is 10.7. The van der Waals surface area contributed by atoms with Crippen molar-refractivity contribution >= 4 is 5.91 Å². The molecule has 0 aliphatic carbocycles. The van der Waals surface area contributed by atoms with Gasteiger partial charge < -0.3 is 16.2 Å². The average Bonchev–Trinajstić information content (AvgIpc) is 2.04. The van der Waals surface area contributed by atoms with Gasteiger partial charge in [0.1, 0.15) is 0 Å². The molecule has 4 heteroatoms. The van der Waals surface area contributed by atoms with Crippen molar-refractivity contribution in [1.82, 2.24) is 5.32 Å². The number of carbonyl (C=O) groups is 1. The van der Waals surface area contributed by atoms with Crippen LogP contribution < -0.4 is 11.1 Å². The van der Waals surface area contributed by atoms with Gasteiger partial charge in [-0.05, 0) is 27.7 Å². The number of aliphatic hydroxyl groups is 1. The molecule has 0 rings (SSSR count). The first-order valence-electron chi connectivity index (χ1n) is 4.39. The summed E-state index contributed by atoms with van der Waals surface area (Å²) < 4.78 is 0. The largest absolute Gasteiger partial charge is 0.394 e. The second kappa shape index (κ2) is 4.07. The predicted octanol–water partition coefficient (Wildman–Crippen LogP) is -0.142. The molecule has 0 aromatic carbocycles. The third-order valence-corrected chi connectivity index (χ3v) is 1.97. The Morgan fingerprint density at radius 1 is 1.38 bits per heavy atom. The number of nitrogens with one attached hydrogen (secondary N) is 1. The fraction of sp³-hybridized carbons (Fsp3) is 0.889. The first-order valence-corrected chi connectivity index (χ1v) is 4.39. The van der Waals surface area contributed by atoms with Gasteiger partial charge >= 0.3 is 0 Å². The van der Waals surface area contributed by atoms with E-state index in [0.717, 1.165) is 0 Å². The van der Waals surface area contributed by atoms with Crippen LogP contribution in [0.5, 0.6) is 0 Å². The number of nitrogens with two attached hydrogens (primary N) is 1. The highest BCUT2D eigenvalue weighted by Gasteiger charge is 2.30. The van der Waals surface area contributed by atoms with Gasteiger partial charge in [0.25, 0.3) is 0 Å². The highest BCUT2D eigenvalue weighted by atomic mass is 16.3. The minimum absolute atomic E-state index is 0.0839. The van der Waals surface area contributed by atoms with E-state index in [1.54, 1.807) is 27.7 Å². The fourth-order valence-corrected chi connectivity index (χ4v) is 0.609. The van der Waals surface area contributed by atoms with Crippen LogP contribution in [0.25, 0.3) is 0 Å². The maximum atomic E-state index is 11.6. The van der Waals surface area contributed by atoms with Crippen molar-refractivity contribution in [3.63, 3.8) is 0 Å². The molecule has 0 saturated carbocycles. The predicted molar refractivity (Wildman–Crippen MR) is 52.1 cm³/mol. The number of carbonyl (C=O) groups excluding carboxylic acids is 1. The van der Waals surface area contributed by atoms with Crippen molar-refractivity contribution < 1.29 is 9.90 Å². The van der Waals surface area contributed by atoms with Crippen molar-refractivity contribution in [2.24, 2.45) is 11.1 Å². The third-order valence-electron chi connectivity index (χ3n) is 1.97. The molecule has 0 radical (unpaired) electrons. The minimum Gasteiger partial charge on any atom is -0.394 e. The molecule has 4 nitrogen and oxygen atoms in total. The van der Waals surface area contributed by atoms with Crippen LogP contribution in [0.3, 0.4) is 0 Å². The second-order valence-corrected chi connectivity index (χ2v) is 4.58. The van der Waals surface area contributed by atoms with Crippen LogP contribution in [0.1, 0.15) is 27.7 Å². The lowest BCUT2D eigenvalue weighted by atomic mass is 9.91. The Bertz CT molecular complexity index is 188. The summed E-state index contributed by atoms with van der Waals surface area (Å²) in [5, 5.41) is 11.7. The molecule has 0 spiro atoms. The highest BCUT2D eigenvalue weighted by Crippen LogP contribution is 2.14. The van der Waals surface area contributed by atoms with E-state index in [1.165, 1.54) is 0 Å². The van der Waals surface area contributed by atoms with Crippen molar-refractivity contribution in [2.75, 3.05) is 13.2 Å². The third kappa shape index (κ3) is 3.74. The molecule has 0 aliphatic rings. The number of aliphatic hydroxyl groups excluding tert-OH is 1. The highest BCUT2D eigenvalue weighted by molar-refractivity contribution is 5.82. The Hall–Kier alpha value is -0.610. The van der Waals surface area contributed by atoms with E-state index < -0.39 is 11.0 Å². The molecule has 0 heterocycles. The van der Waals surface area contributed by atoms with Gasteiger partial charge in [0.2, 0.25) is 5.91 Å². The van der Waals surface area contributed by atoms with Gasteiger partial charge in [-0.15, -0.1) is 0 Å². The first kappa shape index (κ1) is 12.4. The van der Waals surface area contributed by atoms with Gasteiger partial charge in [0.15, 0.2) is 0 Å². The molecule has 0 aromatic heterocycles. The topological polar surface area (TPSA) is 75.3 Å². The van der Waals surface area contributed by atoms with E-state index in [2.05, 4.69) is 5.32 Å². The molecule has 0 aliphatic heterocycles. The molecule has 0 atom stereocenters. The van der Waals surface area contributed by atoms with Crippen molar-refractivity contribution in [3.05, 3.63) is 0 Å². The molecule has 0 aromatic rings. The van der Waals surface area contributed by atoms with E-state index >= 15 is 0 Å². The maximum absolute atomic E-state index is 11.6. The summed E-state index contributed by atoms with van der Waals surface area (Å²) in [4.78, 5) is 11.6. The van der Waals surface area contributed by atoms with Gasteiger partial charge in [-0.1, -0.05) is 0 Å². The lowest BCUT2D eigenvalue weighted by Crippen LogP contribution is -2.52. The van der Waals surface area contributed by atoms with Crippen LogP contribution in [0.15, 0.2) is 0 Å². The van der Waals surface area contributed by atoms with Crippen LogP contribution in [0, 0.1) is 5.41 Å². The van der Waals surface area contributed by atoms with Crippen LogP contribution in [0.4, 0.5) is 0 Å². The molecule has 0 fully saturated rings. The summed E-state index contributed by atoms with van der Waals surface area (Å²) >= 11 is 0. The van der Waals surface area contributed by atoms with Crippen LogP contribution in [-0.4, -0.2) is 29.7 Å². The zero-order valence-corrected chi connectivity index (χ0v) is 8.85. The molecule has 78 valence electrons. The number of amides is 1. The van der Waals surface area contributed by atoms with Crippen LogP contribution >= 0.6 is 0 Å². The Morgan fingerprint density at radius 3 is 2.15 bits per heavy atom. The second-order valence-electron chi connectivity index (χ2n) is 4.58. The van der Waals surface area contributed by atoms with Gasteiger partial charge in [0, 0.05) is 6.54 Å². The van der Waals surface area contributed by atoms with E-state index in [9.17, 15) is 4.79 Å². The average molecular weight is 188 g/mol. The Balaban J connectivity index is 4.31. The summed E-state index contributed by atoms with van der Waals surface area (Å²) in [5.41, 5.74) is 4.29. The van der Waals surface area contributed by atoms with Crippen molar-refractivity contribution in [1.29, 1.82) is 0 Å². The summed E-state index contributed by atoms with van der Waals surface area (Å²) in [7, 11) is 0. The quantitative estimate of drug-likeness (QED) is 0.574. The van der Waals surface area contributed by atoms with Crippen LogP contribution in [0.2, 0.25) is 0 Å². The van der Waals surface area contributed by atoms with Gasteiger partial charge in [-0.3, -0.25) is 4.79 Å². The number of hydrogen-bond donors (Lipinski definition) is 3. The monoisotopic (exact) mass is 188 g/mol. The first-order chi connectivity index (χ1) is 5.75. The van der Waals surface area contributed by atoms with E-state index in [4.69, 9.17) is 10.8 Å². The Morgan fingerprint density at radius 2 is 1.85 bits per heavy atom. The zero-order valence-electron chi connectivity index (χ0n) is 8.85. The Kier molecular flexibility index (Phi) is 3.88. The number of hydrogen-bond acceptors (Lipinski definition) is 3. The summed E-state index contributed by atoms with van der Waals surface area (Å²) in [6.07, 6.45) is 0. The van der Waals surface area contributed by atoms with Crippen molar-refractivity contribution in [2.45, 2.75) is 33.2 Å². The van der Waals surface area contributed by atoms with Gasteiger partial charge in [-0.2, -0.15) is 0 Å². The minimum atomic E-state index is -0.580. The molecular formula is C9H20N2O2. The normalized spacial score (nSPS) is 12.8. The standard InChI is InChI=1S/C9H20N2O2/c1-8(2,5-10)7(13)11-9(3,4)6-12/h12H,5-6,10H2,1-4H3,(H,11,13). The lowest BCUT2D eigenvalue weighted by molar-refractivity contribution is -0.131. The van der Waals surface area contributed by atoms with E-state index in [0.29, 0.717) is 6.54 Å². The van der Waals surface area contributed by atoms with E-state index in [-0.39, 0.29) is 12.5 Å². The molecule has 1 amide bonds. The molecule has 0 unspecified atom stereocenters. The SMILES string of the molecule is CC(C)(CO)NC(=O)C(C)(C)CN. The van der Waals surface area contributed by atoms with Crippen LogP contribution in [-0.2, 0) is 4.79 Å². The summed E-state index contributed by atoms with van der Waals surface area (Å²) in [6, 6.07) is 0. The smallest absolute Gasteiger partial charge is 0.227 e. The molecular weight excluding hydrogens is 168 g/mol. The van der Waals surface area contributed by atoms with Gasteiger partial charge in [0.05, 0.1) is 17.6 Å². The van der Waals surface area contributed by atoms with E-state index in [1.807, 2.05) is 0 Å².